The number of rotatable bonds is 36. The number of benzene rings is 2. The lowest BCUT2D eigenvalue weighted by Crippen LogP contribution is -2.51. The maximum atomic E-state index is 12.8. The Bertz CT molecular complexity index is 2140. The molecule has 0 aromatic heterocycles. The molecule has 0 spiro atoms. The Labute approximate surface area is 432 Å². The van der Waals surface area contributed by atoms with Gasteiger partial charge in [-0.15, -0.1) is 0 Å². The van der Waals surface area contributed by atoms with E-state index in [4.69, 9.17) is 23.7 Å². The van der Waals surface area contributed by atoms with Gasteiger partial charge < -0.3 is 59.9 Å². The fourth-order valence-electron chi connectivity index (χ4n) is 7.43. The van der Waals surface area contributed by atoms with E-state index in [1.54, 1.807) is 41.0 Å². The number of nitrogens with zero attached hydrogens (tertiary/aromatic N) is 2. The van der Waals surface area contributed by atoms with Gasteiger partial charge in [0.1, 0.15) is 23.6 Å². The highest BCUT2D eigenvalue weighted by molar-refractivity contribution is 5.87. The lowest BCUT2D eigenvalue weighted by Gasteiger charge is -2.27. The Balaban J connectivity index is 1.82. The van der Waals surface area contributed by atoms with E-state index in [0.717, 1.165) is 18.2 Å². The van der Waals surface area contributed by atoms with Crippen LogP contribution in [0.1, 0.15) is 99.8 Å². The first kappa shape index (κ1) is 63.1. The molecule has 0 radical (unpaired) electrons. The second-order valence-electron chi connectivity index (χ2n) is 17.2. The maximum Gasteiger partial charge on any atom is 0.328 e. The van der Waals surface area contributed by atoms with Gasteiger partial charge in [-0.25, -0.2) is 14.4 Å². The van der Waals surface area contributed by atoms with Gasteiger partial charge in [0.15, 0.2) is 0 Å². The summed E-state index contributed by atoms with van der Waals surface area (Å²) >= 11 is 0. The van der Waals surface area contributed by atoms with Crippen molar-refractivity contribution < 1.29 is 81.8 Å². The van der Waals surface area contributed by atoms with Crippen molar-refractivity contribution >= 4 is 53.7 Å². The van der Waals surface area contributed by atoms with Crippen LogP contribution in [0.3, 0.4) is 0 Å². The standard InChI is InChI=1S/C51H76N6O17/c1-7-74-50(67)39(54-51(68)55-40(49(66)73-6)19-24-46(63)70-3)13-10-12-26-52-43(60)14-9-8-11-25-53-44(61)22-17-35-15-20-41(58)37(29-35)31-56(33-47(64)71-4)27-28-57(34-48(65)72-5)32-38-30-36(16-21-42(38)59)18-23-45(62)69-2/h15-16,20-21,29-30,39-40,58-59H,7-14,17-19,22-28,31-34H2,1-6H3,(H,52,60)(H,53,61)(H2,54,55,68). The zero-order chi connectivity index (χ0) is 54.8. The molecule has 2 unspecified atom stereocenters. The van der Waals surface area contributed by atoms with Crippen LogP contribution in [0.15, 0.2) is 36.4 Å². The summed E-state index contributed by atoms with van der Waals surface area (Å²) in [5.74, 6) is -3.74. The number of carbonyl (C=O) groups is 9. The number of esters is 6. The zero-order valence-corrected chi connectivity index (χ0v) is 43.6. The fourth-order valence-corrected chi connectivity index (χ4v) is 7.43. The molecule has 0 saturated heterocycles. The summed E-state index contributed by atoms with van der Waals surface area (Å²) < 4.78 is 29.0. The van der Waals surface area contributed by atoms with Gasteiger partial charge in [0, 0.05) is 76.1 Å². The third-order valence-electron chi connectivity index (χ3n) is 11.6. The minimum atomic E-state index is -1.15. The Morgan fingerprint density at radius 1 is 0.527 bits per heavy atom. The number of phenolic OH excluding ortho intramolecular Hbond substituents is 2. The number of hydrogen-bond acceptors (Lipinski definition) is 19. The quantitative estimate of drug-likeness (QED) is 0.0324. The molecule has 23 nitrogen and oxygen atoms in total. The van der Waals surface area contributed by atoms with E-state index >= 15 is 0 Å². The summed E-state index contributed by atoms with van der Waals surface area (Å²) in [5.41, 5.74) is 2.60. The molecule has 2 aromatic carbocycles. The van der Waals surface area contributed by atoms with E-state index in [1.807, 2.05) is 0 Å². The van der Waals surface area contributed by atoms with Crippen LogP contribution < -0.4 is 21.3 Å². The molecule has 4 amide bonds. The number of methoxy groups -OCH3 is 5. The molecule has 0 aliphatic heterocycles. The molecule has 2 atom stereocenters. The number of urea groups is 1. The van der Waals surface area contributed by atoms with Gasteiger partial charge in [-0.2, -0.15) is 0 Å². The molecule has 23 heteroatoms. The predicted octanol–water partition coefficient (Wildman–Crippen LogP) is 2.48. The summed E-state index contributed by atoms with van der Waals surface area (Å²) in [6.45, 7) is 2.95. The SMILES string of the molecule is CCOC(=O)C(CCCCNC(=O)CCCCCNC(=O)CCc1ccc(O)c(CN(CCN(CC(=O)OC)Cc2cc(CCC(=O)OC)ccc2O)CC(=O)OC)c1)NC(=O)NC(CCC(=O)OC)C(=O)OC. The van der Waals surface area contributed by atoms with E-state index < -0.39 is 48.0 Å². The highest BCUT2D eigenvalue weighted by Crippen LogP contribution is 2.24. The Kier molecular flexibility index (Phi) is 30.7. The number of aromatic hydroxyl groups is 2. The second kappa shape index (κ2) is 36.0. The van der Waals surface area contributed by atoms with Gasteiger partial charge in [0.2, 0.25) is 11.8 Å². The highest BCUT2D eigenvalue weighted by Gasteiger charge is 2.27. The summed E-state index contributed by atoms with van der Waals surface area (Å²) in [7, 11) is 6.18. The largest absolute Gasteiger partial charge is 0.508 e. The number of amides is 4. The van der Waals surface area contributed by atoms with Crippen LogP contribution in [-0.2, 0) is 92.7 Å². The summed E-state index contributed by atoms with van der Waals surface area (Å²) in [4.78, 5) is 114. The van der Waals surface area contributed by atoms with Crippen molar-refractivity contribution in [1.82, 2.24) is 31.1 Å². The van der Waals surface area contributed by atoms with Crippen LogP contribution in [0, 0.1) is 0 Å². The minimum Gasteiger partial charge on any atom is -0.508 e. The minimum absolute atomic E-state index is 0.00236. The normalized spacial score (nSPS) is 11.7. The summed E-state index contributed by atoms with van der Waals surface area (Å²) in [6, 6.07) is 6.99. The van der Waals surface area contributed by atoms with Crippen molar-refractivity contribution in [2.75, 3.05) is 81.4 Å². The highest BCUT2D eigenvalue weighted by atomic mass is 16.5. The Morgan fingerprint density at radius 2 is 1.00 bits per heavy atom. The van der Waals surface area contributed by atoms with Crippen molar-refractivity contribution in [2.24, 2.45) is 0 Å². The Hall–Kier alpha value is -7.01. The number of nitrogens with one attached hydrogen (secondary N) is 4. The molecule has 74 heavy (non-hydrogen) atoms. The molecular formula is C51H76N6O17. The van der Waals surface area contributed by atoms with Crippen LogP contribution in [-0.4, -0.2) is 167 Å². The van der Waals surface area contributed by atoms with E-state index in [0.29, 0.717) is 69.2 Å². The van der Waals surface area contributed by atoms with E-state index in [-0.39, 0.29) is 114 Å². The average molecular weight is 1050 g/mol. The Morgan fingerprint density at radius 3 is 1.50 bits per heavy atom. The molecule has 2 rings (SSSR count). The summed E-state index contributed by atoms with van der Waals surface area (Å²) in [5, 5.41) is 32.2. The molecule has 2 aromatic rings. The van der Waals surface area contributed by atoms with E-state index in [2.05, 4.69) is 26.0 Å². The lowest BCUT2D eigenvalue weighted by atomic mass is 10.0. The van der Waals surface area contributed by atoms with Crippen molar-refractivity contribution in [1.29, 1.82) is 0 Å². The van der Waals surface area contributed by atoms with Crippen LogP contribution >= 0.6 is 0 Å². The van der Waals surface area contributed by atoms with Crippen LogP contribution in [0.2, 0.25) is 0 Å². The first-order valence-electron chi connectivity index (χ1n) is 24.6. The van der Waals surface area contributed by atoms with Crippen molar-refractivity contribution in [3.8, 4) is 11.5 Å². The molecule has 0 aliphatic rings. The van der Waals surface area contributed by atoms with E-state index in [1.165, 1.54) is 40.6 Å². The molecule has 412 valence electrons. The predicted molar refractivity (Wildman–Crippen MR) is 267 cm³/mol. The van der Waals surface area contributed by atoms with Gasteiger partial charge in [-0.05, 0) is 81.5 Å². The van der Waals surface area contributed by atoms with Gasteiger partial charge in [-0.3, -0.25) is 38.6 Å². The lowest BCUT2D eigenvalue weighted by molar-refractivity contribution is -0.146. The van der Waals surface area contributed by atoms with Gasteiger partial charge >= 0.3 is 41.8 Å². The molecule has 6 N–H and O–H groups in total. The number of ether oxygens (including phenoxy) is 6. The smallest absolute Gasteiger partial charge is 0.328 e. The van der Waals surface area contributed by atoms with Crippen molar-refractivity contribution in [2.45, 2.75) is 116 Å². The topological polar surface area (TPSA) is 304 Å². The van der Waals surface area contributed by atoms with Crippen molar-refractivity contribution in [3.05, 3.63) is 58.7 Å². The number of unbranched alkanes of at least 4 members (excludes halogenated alkanes) is 3. The third-order valence-corrected chi connectivity index (χ3v) is 11.6. The molecule has 0 saturated carbocycles. The summed E-state index contributed by atoms with van der Waals surface area (Å²) in [6.07, 6.45) is 4.25. The monoisotopic (exact) mass is 1040 g/mol. The third kappa shape index (κ3) is 26.1. The van der Waals surface area contributed by atoms with Gasteiger partial charge in [0.05, 0.1) is 55.2 Å². The fraction of sp³-hybridized carbons (Fsp3) is 0.588. The van der Waals surface area contributed by atoms with Crippen LogP contribution in [0.25, 0.3) is 0 Å². The number of carbonyl (C=O) groups excluding carboxylic acids is 9. The van der Waals surface area contributed by atoms with E-state index in [9.17, 15) is 53.4 Å². The maximum absolute atomic E-state index is 12.8. The number of hydrogen-bond donors (Lipinski definition) is 6. The molecule has 0 aliphatic carbocycles. The molecule has 0 bridgehead atoms. The van der Waals surface area contributed by atoms with Crippen LogP contribution in [0.4, 0.5) is 4.79 Å². The van der Waals surface area contributed by atoms with Crippen molar-refractivity contribution in [3.63, 3.8) is 0 Å². The van der Waals surface area contributed by atoms with Gasteiger partial charge in [-0.1, -0.05) is 30.7 Å². The average Bonchev–Trinajstić information content (AvgIpc) is 3.39. The zero-order valence-electron chi connectivity index (χ0n) is 43.6. The molecular weight excluding hydrogens is 969 g/mol. The number of phenols is 2. The van der Waals surface area contributed by atoms with Crippen LogP contribution in [0.5, 0.6) is 11.5 Å². The van der Waals surface area contributed by atoms with Gasteiger partial charge in [0.25, 0.3) is 0 Å². The molecule has 0 fully saturated rings. The first-order valence-corrected chi connectivity index (χ1v) is 24.6. The number of aryl methyl sites for hydroxylation is 2. The molecule has 0 heterocycles. The first-order chi connectivity index (χ1) is 35.4. The second-order valence-corrected chi connectivity index (χ2v) is 17.2.